The molecule has 0 saturated carbocycles. The highest BCUT2D eigenvalue weighted by atomic mass is 35.5. The minimum atomic E-state index is -0.728. The number of benzene rings is 2. The van der Waals surface area contributed by atoms with Gasteiger partial charge in [-0.05, 0) is 47.9 Å². The van der Waals surface area contributed by atoms with Crippen LogP contribution in [0.3, 0.4) is 0 Å². The molecule has 1 unspecified atom stereocenters. The van der Waals surface area contributed by atoms with Crippen LogP contribution in [-0.2, 0) is 11.3 Å². The van der Waals surface area contributed by atoms with E-state index in [4.69, 9.17) is 20.8 Å². The first kappa shape index (κ1) is 21.4. The zero-order chi connectivity index (χ0) is 22.0. The highest BCUT2D eigenvalue weighted by Crippen LogP contribution is 2.20. The number of nitrogens with zero attached hydrogens (tertiary/aromatic N) is 2. The molecule has 164 valence electrons. The summed E-state index contributed by atoms with van der Waals surface area (Å²) in [7, 11) is 0. The number of aromatic nitrogens is 1. The molecular formula is C22H24ClN3O5. The Morgan fingerprint density at radius 2 is 2.00 bits per heavy atom. The van der Waals surface area contributed by atoms with Crippen molar-refractivity contribution in [3.8, 4) is 0 Å². The lowest BCUT2D eigenvalue weighted by atomic mass is 10.1. The highest BCUT2D eigenvalue weighted by molar-refractivity contribution is 6.30. The fraction of sp³-hybridized carbons (Fsp3) is 0.364. The van der Waals surface area contributed by atoms with Crippen molar-refractivity contribution >= 4 is 28.8 Å². The van der Waals surface area contributed by atoms with Crippen molar-refractivity contribution in [2.45, 2.75) is 19.6 Å². The maximum atomic E-state index is 12.4. The van der Waals surface area contributed by atoms with E-state index in [1.165, 1.54) is 0 Å². The van der Waals surface area contributed by atoms with Crippen molar-refractivity contribution in [1.29, 1.82) is 0 Å². The van der Waals surface area contributed by atoms with Gasteiger partial charge >= 0.3 is 11.8 Å². The van der Waals surface area contributed by atoms with Crippen LogP contribution in [0, 0.1) is 6.92 Å². The molecule has 1 aliphatic rings. The van der Waals surface area contributed by atoms with Crippen LogP contribution < -0.4 is 5.76 Å². The molecule has 2 heterocycles. The normalized spacial score (nSPS) is 15.9. The van der Waals surface area contributed by atoms with E-state index < -0.39 is 11.9 Å². The lowest BCUT2D eigenvalue weighted by molar-refractivity contribution is 0.0532. The summed E-state index contributed by atoms with van der Waals surface area (Å²) >= 11 is 6.05. The van der Waals surface area contributed by atoms with Crippen molar-refractivity contribution in [3.05, 3.63) is 68.7 Å². The molecule has 0 bridgehead atoms. The van der Waals surface area contributed by atoms with Gasteiger partial charge in [-0.1, -0.05) is 23.7 Å². The number of carbonyl (C=O) groups is 1. The fourth-order valence-corrected chi connectivity index (χ4v) is 4.08. The van der Waals surface area contributed by atoms with Crippen LogP contribution in [0.5, 0.6) is 0 Å². The molecular weight excluding hydrogens is 422 g/mol. The van der Waals surface area contributed by atoms with Gasteiger partial charge in [-0.3, -0.25) is 9.88 Å². The van der Waals surface area contributed by atoms with Crippen molar-refractivity contribution in [2.75, 3.05) is 32.7 Å². The number of hydrogen-bond donors (Lipinski definition) is 2. The first-order valence-electron chi connectivity index (χ1n) is 10.1. The molecule has 1 aromatic heterocycles. The van der Waals surface area contributed by atoms with Gasteiger partial charge in [0.2, 0.25) is 0 Å². The zero-order valence-electron chi connectivity index (χ0n) is 17.1. The third kappa shape index (κ3) is 5.28. The summed E-state index contributed by atoms with van der Waals surface area (Å²) in [5.41, 5.74) is 3.57. The Balaban J connectivity index is 1.26. The van der Waals surface area contributed by atoms with Gasteiger partial charge in [0.1, 0.15) is 6.61 Å². The molecule has 9 heteroatoms. The van der Waals surface area contributed by atoms with E-state index in [1.807, 2.05) is 19.1 Å². The number of fused-ring (bicyclic) bond motifs is 1. The molecule has 1 fully saturated rings. The number of carbonyl (C=O) groups excluding carboxylic acids is 1. The van der Waals surface area contributed by atoms with Gasteiger partial charge in [0, 0.05) is 37.7 Å². The van der Waals surface area contributed by atoms with Gasteiger partial charge in [-0.25, -0.2) is 9.59 Å². The number of H-pyrrole nitrogens is 1. The maximum absolute atomic E-state index is 12.4. The Labute approximate surface area is 184 Å². The minimum absolute atomic E-state index is 0.178. The minimum Gasteiger partial charge on any atom is -0.445 e. The highest BCUT2D eigenvalue weighted by Gasteiger charge is 2.24. The number of ether oxygens (including phenoxy) is 1. The van der Waals surface area contributed by atoms with Gasteiger partial charge in [-0.2, -0.15) is 0 Å². The van der Waals surface area contributed by atoms with Crippen molar-refractivity contribution < 1.29 is 19.1 Å². The monoisotopic (exact) mass is 445 g/mol. The Kier molecular flexibility index (Phi) is 6.31. The zero-order valence-corrected chi connectivity index (χ0v) is 17.9. The number of oxazole rings is 1. The topological polar surface area (TPSA) is 99.0 Å². The number of piperazine rings is 1. The Morgan fingerprint density at radius 1 is 1.23 bits per heavy atom. The molecule has 1 amide bonds. The number of halogens is 1. The quantitative estimate of drug-likeness (QED) is 0.626. The second kappa shape index (κ2) is 9.13. The van der Waals surface area contributed by atoms with Crippen LogP contribution >= 0.6 is 11.6 Å². The summed E-state index contributed by atoms with van der Waals surface area (Å²) < 4.78 is 10.5. The number of aliphatic hydroxyl groups excluding tert-OH is 1. The first-order valence-corrected chi connectivity index (χ1v) is 10.5. The Bertz CT molecular complexity index is 1110. The smallest absolute Gasteiger partial charge is 0.417 e. The summed E-state index contributed by atoms with van der Waals surface area (Å²) in [5.74, 6) is -0.518. The van der Waals surface area contributed by atoms with Gasteiger partial charge in [0.25, 0.3) is 0 Å². The van der Waals surface area contributed by atoms with Crippen LogP contribution in [0.2, 0.25) is 5.02 Å². The van der Waals surface area contributed by atoms with E-state index in [-0.39, 0.29) is 12.7 Å². The summed E-state index contributed by atoms with van der Waals surface area (Å²) in [5, 5.41) is 11.2. The van der Waals surface area contributed by atoms with E-state index in [1.54, 1.807) is 29.2 Å². The van der Waals surface area contributed by atoms with Crippen molar-refractivity contribution in [3.63, 3.8) is 0 Å². The number of aliphatic hydroxyl groups is 1. The second-order valence-electron chi connectivity index (χ2n) is 7.76. The van der Waals surface area contributed by atoms with Crippen LogP contribution in [0.1, 0.15) is 22.8 Å². The van der Waals surface area contributed by atoms with Crippen LogP contribution in [-0.4, -0.2) is 58.7 Å². The van der Waals surface area contributed by atoms with Crippen molar-refractivity contribution in [2.24, 2.45) is 0 Å². The summed E-state index contributed by atoms with van der Waals surface area (Å²) in [6.45, 7) is 4.84. The van der Waals surface area contributed by atoms with Crippen LogP contribution in [0.25, 0.3) is 11.1 Å². The van der Waals surface area contributed by atoms with Gasteiger partial charge in [0.15, 0.2) is 5.58 Å². The number of amides is 1. The second-order valence-corrected chi connectivity index (χ2v) is 8.20. The molecule has 4 rings (SSSR count). The molecule has 2 aromatic carbocycles. The molecule has 1 atom stereocenters. The van der Waals surface area contributed by atoms with Gasteiger partial charge in [0.05, 0.1) is 11.6 Å². The lowest BCUT2D eigenvalue weighted by Gasteiger charge is -2.35. The summed E-state index contributed by atoms with van der Waals surface area (Å²) in [6, 6.07) is 10.7. The molecule has 3 aromatic rings. The first-order chi connectivity index (χ1) is 14.9. The lowest BCUT2D eigenvalue weighted by Crippen LogP contribution is -2.49. The third-order valence-corrected chi connectivity index (χ3v) is 5.57. The van der Waals surface area contributed by atoms with Gasteiger partial charge < -0.3 is 19.2 Å². The molecule has 2 N–H and O–H groups in total. The van der Waals surface area contributed by atoms with E-state index in [0.29, 0.717) is 54.4 Å². The molecule has 1 saturated heterocycles. The average Bonchev–Trinajstić information content (AvgIpc) is 3.11. The number of aryl methyl sites for hydroxylation is 1. The number of aromatic amines is 1. The average molecular weight is 446 g/mol. The number of β-amino-alcohol motifs (C(OH)–C–C–N with tert-alkyl or cyclic N) is 1. The number of hydrogen-bond acceptors (Lipinski definition) is 6. The van der Waals surface area contributed by atoms with Crippen LogP contribution in [0.4, 0.5) is 4.79 Å². The molecule has 31 heavy (non-hydrogen) atoms. The molecule has 0 spiro atoms. The van der Waals surface area contributed by atoms with Gasteiger partial charge in [-0.15, -0.1) is 0 Å². The number of nitrogens with one attached hydrogen (secondary N) is 1. The number of rotatable bonds is 5. The molecule has 1 aliphatic heterocycles. The van der Waals surface area contributed by atoms with E-state index >= 15 is 0 Å². The maximum Gasteiger partial charge on any atom is 0.417 e. The SMILES string of the molecule is Cc1cc(Cl)cc(COC(=O)N2CCN(CC(O)c3ccc4[nH]c(=O)oc4c3)CC2)c1. The van der Waals surface area contributed by atoms with E-state index in [0.717, 1.165) is 11.1 Å². The summed E-state index contributed by atoms with van der Waals surface area (Å²) in [4.78, 5) is 30.0. The fourth-order valence-electron chi connectivity index (χ4n) is 3.76. The third-order valence-electron chi connectivity index (χ3n) is 5.36. The predicted octanol–water partition coefficient (Wildman–Crippen LogP) is 3.07. The predicted molar refractivity (Wildman–Crippen MR) is 116 cm³/mol. The molecule has 0 aliphatic carbocycles. The molecule has 0 radical (unpaired) electrons. The van der Waals surface area contributed by atoms with E-state index in [9.17, 15) is 14.7 Å². The standard InChI is InChI=1S/C22H24ClN3O5/c1-14-8-15(10-17(23)9-14)13-30-22(29)26-6-4-25(5-7-26)12-19(27)16-2-3-18-20(11-16)31-21(28)24-18/h2-3,8-11,19,27H,4-7,12-13H2,1H3,(H,24,28). The molecule has 8 nitrogen and oxygen atoms in total. The largest absolute Gasteiger partial charge is 0.445 e. The van der Waals surface area contributed by atoms with Crippen LogP contribution in [0.15, 0.2) is 45.6 Å². The summed E-state index contributed by atoms with van der Waals surface area (Å²) in [6.07, 6.45) is -1.08. The Hall–Kier alpha value is -2.81. The Morgan fingerprint density at radius 3 is 2.74 bits per heavy atom. The van der Waals surface area contributed by atoms with E-state index in [2.05, 4.69) is 9.88 Å². The van der Waals surface area contributed by atoms with Crippen molar-refractivity contribution in [1.82, 2.24) is 14.8 Å².